The van der Waals surface area contributed by atoms with Crippen molar-refractivity contribution in [1.29, 1.82) is 0 Å². The Balaban J connectivity index is 2.30. The second-order valence-corrected chi connectivity index (χ2v) is 7.17. The van der Waals surface area contributed by atoms with E-state index in [4.69, 9.17) is 5.11 Å². The Bertz CT molecular complexity index is 363. The highest BCUT2D eigenvalue weighted by atomic mass is 16.4. The summed E-state index contributed by atoms with van der Waals surface area (Å²) in [6.45, 7) is 9.65. The predicted molar refractivity (Wildman–Crippen MR) is 83.1 cm³/mol. The standard InChI is InChI=1S/C16H30N2O3/c1-11(2)7-13(8-14(19)20)9-17-15(21)18-10-16(5-6-16)12(3)4/h11-13H,5-10H2,1-4H3,(H,19,20)(H2,17,18,21)/t13-/m0/s1. The summed E-state index contributed by atoms with van der Waals surface area (Å²) in [5, 5.41) is 14.7. The zero-order valence-electron chi connectivity index (χ0n) is 13.7. The number of urea groups is 1. The maximum absolute atomic E-state index is 11.8. The zero-order valence-corrected chi connectivity index (χ0v) is 13.7. The molecule has 1 fully saturated rings. The lowest BCUT2D eigenvalue weighted by molar-refractivity contribution is -0.138. The molecular weight excluding hydrogens is 268 g/mol. The highest BCUT2D eigenvalue weighted by Crippen LogP contribution is 2.51. The number of carboxylic acids is 1. The van der Waals surface area contributed by atoms with Gasteiger partial charge < -0.3 is 15.7 Å². The van der Waals surface area contributed by atoms with Crippen LogP contribution in [0, 0.1) is 23.2 Å². The Hall–Kier alpha value is -1.26. The van der Waals surface area contributed by atoms with Gasteiger partial charge in [0.15, 0.2) is 0 Å². The van der Waals surface area contributed by atoms with E-state index >= 15 is 0 Å². The summed E-state index contributed by atoms with van der Waals surface area (Å²) in [5.74, 6) is 0.196. The minimum absolute atomic E-state index is 0.00626. The van der Waals surface area contributed by atoms with E-state index in [1.165, 1.54) is 12.8 Å². The van der Waals surface area contributed by atoms with Crippen LogP contribution in [0.25, 0.3) is 0 Å². The van der Waals surface area contributed by atoms with E-state index in [0.717, 1.165) is 6.42 Å². The Labute approximate surface area is 127 Å². The van der Waals surface area contributed by atoms with Gasteiger partial charge in [-0.3, -0.25) is 4.79 Å². The van der Waals surface area contributed by atoms with Crippen LogP contribution in [0.15, 0.2) is 0 Å². The van der Waals surface area contributed by atoms with E-state index in [-0.39, 0.29) is 23.8 Å². The number of rotatable bonds is 9. The number of aliphatic carboxylic acids is 1. The van der Waals surface area contributed by atoms with Gasteiger partial charge in [0.25, 0.3) is 0 Å². The maximum atomic E-state index is 11.8. The molecule has 5 heteroatoms. The summed E-state index contributed by atoms with van der Waals surface area (Å²) in [6.07, 6.45) is 3.27. The van der Waals surface area contributed by atoms with E-state index in [1.807, 2.05) is 0 Å². The van der Waals surface area contributed by atoms with Crippen molar-refractivity contribution in [2.24, 2.45) is 23.2 Å². The largest absolute Gasteiger partial charge is 0.481 e. The molecular formula is C16H30N2O3. The molecule has 0 spiro atoms. The summed E-state index contributed by atoms with van der Waals surface area (Å²) in [4.78, 5) is 22.7. The molecule has 0 aromatic rings. The first-order valence-corrected chi connectivity index (χ1v) is 7.98. The van der Waals surface area contributed by atoms with Crippen LogP contribution < -0.4 is 10.6 Å². The third-order valence-corrected chi connectivity index (χ3v) is 4.54. The van der Waals surface area contributed by atoms with E-state index in [9.17, 15) is 9.59 Å². The molecule has 0 aromatic heterocycles. The van der Waals surface area contributed by atoms with Crippen LogP contribution in [0.4, 0.5) is 4.79 Å². The van der Waals surface area contributed by atoms with Gasteiger partial charge in [0.1, 0.15) is 0 Å². The molecule has 0 radical (unpaired) electrons. The van der Waals surface area contributed by atoms with Crippen LogP contribution in [-0.4, -0.2) is 30.2 Å². The Morgan fingerprint density at radius 3 is 2.19 bits per heavy atom. The van der Waals surface area contributed by atoms with Crippen LogP contribution in [0.1, 0.15) is 53.4 Å². The number of carbonyl (C=O) groups is 2. The molecule has 21 heavy (non-hydrogen) atoms. The fraction of sp³-hybridized carbons (Fsp3) is 0.875. The van der Waals surface area contributed by atoms with Gasteiger partial charge in [-0.25, -0.2) is 4.79 Å². The molecule has 122 valence electrons. The number of hydrogen-bond donors (Lipinski definition) is 3. The minimum Gasteiger partial charge on any atom is -0.481 e. The maximum Gasteiger partial charge on any atom is 0.314 e. The molecule has 1 rings (SSSR count). The van der Waals surface area contributed by atoms with Crippen LogP contribution in [0.2, 0.25) is 0 Å². The molecule has 1 aliphatic rings. The second-order valence-electron chi connectivity index (χ2n) is 7.17. The molecule has 0 aliphatic heterocycles. The van der Waals surface area contributed by atoms with Crippen LogP contribution in [0.5, 0.6) is 0 Å². The number of hydrogen-bond acceptors (Lipinski definition) is 2. The molecule has 0 aromatic carbocycles. The molecule has 1 atom stereocenters. The first kappa shape index (κ1) is 17.8. The Morgan fingerprint density at radius 1 is 1.14 bits per heavy atom. The Kier molecular flexibility index (Phi) is 6.49. The van der Waals surface area contributed by atoms with Crippen molar-refractivity contribution in [3.05, 3.63) is 0 Å². The summed E-state index contributed by atoms with van der Waals surface area (Å²) in [6, 6.07) is -0.180. The van der Waals surface area contributed by atoms with Crippen molar-refractivity contribution in [3.63, 3.8) is 0 Å². The van der Waals surface area contributed by atoms with E-state index in [1.54, 1.807) is 0 Å². The molecule has 2 amide bonds. The SMILES string of the molecule is CC(C)C[C@H](CNC(=O)NCC1(C(C)C)CC1)CC(=O)O. The smallest absolute Gasteiger partial charge is 0.314 e. The minimum atomic E-state index is -0.806. The van der Waals surface area contributed by atoms with Crippen LogP contribution >= 0.6 is 0 Å². The molecule has 3 N–H and O–H groups in total. The molecule has 5 nitrogen and oxygen atoms in total. The number of carbonyl (C=O) groups excluding carboxylic acids is 1. The lowest BCUT2D eigenvalue weighted by Gasteiger charge is -2.21. The summed E-state index contributed by atoms with van der Waals surface area (Å²) in [7, 11) is 0. The molecule has 0 bridgehead atoms. The van der Waals surface area contributed by atoms with Gasteiger partial charge in [0.2, 0.25) is 0 Å². The van der Waals surface area contributed by atoms with Crippen molar-refractivity contribution in [2.45, 2.75) is 53.4 Å². The monoisotopic (exact) mass is 298 g/mol. The number of carboxylic acid groups (broad SMARTS) is 1. The van der Waals surface area contributed by atoms with E-state index in [0.29, 0.717) is 24.9 Å². The van der Waals surface area contributed by atoms with Crippen molar-refractivity contribution in [3.8, 4) is 0 Å². The van der Waals surface area contributed by atoms with Gasteiger partial charge in [0, 0.05) is 19.5 Å². The van der Waals surface area contributed by atoms with Crippen molar-refractivity contribution < 1.29 is 14.7 Å². The normalized spacial score (nSPS) is 17.6. The highest BCUT2D eigenvalue weighted by Gasteiger charge is 2.45. The lowest BCUT2D eigenvalue weighted by Crippen LogP contribution is -2.42. The van der Waals surface area contributed by atoms with E-state index < -0.39 is 5.97 Å². The predicted octanol–water partition coefficient (Wildman–Crippen LogP) is 2.86. The Morgan fingerprint density at radius 2 is 1.76 bits per heavy atom. The van der Waals surface area contributed by atoms with Gasteiger partial charge in [-0.15, -0.1) is 0 Å². The van der Waals surface area contributed by atoms with E-state index in [2.05, 4.69) is 38.3 Å². The van der Waals surface area contributed by atoms with Crippen LogP contribution in [-0.2, 0) is 4.79 Å². The second kappa shape index (κ2) is 7.66. The molecule has 1 saturated carbocycles. The van der Waals surface area contributed by atoms with Gasteiger partial charge in [-0.05, 0) is 42.4 Å². The summed E-state index contributed by atoms with van der Waals surface area (Å²) < 4.78 is 0. The van der Waals surface area contributed by atoms with Crippen molar-refractivity contribution in [2.75, 3.05) is 13.1 Å². The number of nitrogens with one attached hydrogen (secondary N) is 2. The first-order chi connectivity index (χ1) is 9.75. The fourth-order valence-electron chi connectivity index (χ4n) is 2.83. The fourth-order valence-corrected chi connectivity index (χ4v) is 2.83. The quantitative estimate of drug-likeness (QED) is 0.612. The van der Waals surface area contributed by atoms with Crippen molar-refractivity contribution in [1.82, 2.24) is 10.6 Å². The first-order valence-electron chi connectivity index (χ1n) is 7.98. The zero-order chi connectivity index (χ0) is 16.0. The third-order valence-electron chi connectivity index (χ3n) is 4.54. The molecule has 0 saturated heterocycles. The highest BCUT2D eigenvalue weighted by molar-refractivity contribution is 5.74. The third kappa shape index (κ3) is 6.36. The number of amides is 2. The molecule has 1 aliphatic carbocycles. The van der Waals surface area contributed by atoms with Crippen LogP contribution in [0.3, 0.4) is 0 Å². The average Bonchev–Trinajstić information content (AvgIpc) is 3.13. The topological polar surface area (TPSA) is 78.4 Å². The summed E-state index contributed by atoms with van der Waals surface area (Å²) >= 11 is 0. The summed E-state index contributed by atoms with van der Waals surface area (Å²) in [5.41, 5.74) is 0.287. The molecule has 0 unspecified atom stereocenters. The average molecular weight is 298 g/mol. The van der Waals surface area contributed by atoms with Gasteiger partial charge in [-0.1, -0.05) is 27.7 Å². The van der Waals surface area contributed by atoms with Crippen molar-refractivity contribution >= 4 is 12.0 Å². The molecule has 0 heterocycles. The van der Waals surface area contributed by atoms with Gasteiger partial charge >= 0.3 is 12.0 Å². The lowest BCUT2D eigenvalue weighted by atomic mass is 9.92. The van der Waals surface area contributed by atoms with Gasteiger partial charge in [0.05, 0.1) is 0 Å². The van der Waals surface area contributed by atoms with Gasteiger partial charge in [-0.2, -0.15) is 0 Å².